The third-order valence-electron chi connectivity index (χ3n) is 7.39. The molecule has 0 amide bonds. The van der Waals surface area contributed by atoms with E-state index in [1.165, 1.54) is 19.3 Å². The van der Waals surface area contributed by atoms with Crippen LogP contribution in [0, 0.1) is 0 Å². The highest BCUT2D eigenvalue weighted by atomic mass is 16.6. The van der Waals surface area contributed by atoms with Gasteiger partial charge in [-0.25, -0.2) is 4.79 Å². The Kier molecular flexibility index (Phi) is 36.1. The van der Waals surface area contributed by atoms with Gasteiger partial charge in [0.15, 0.2) is 0 Å². The fourth-order valence-corrected chi connectivity index (χ4v) is 4.43. The zero-order valence-corrected chi connectivity index (χ0v) is 32.6. The molecular weight excluding hydrogens is 690 g/mol. The molecule has 0 radical (unpaired) electrons. The van der Waals surface area contributed by atoms with E-state index >= 15 is 0 Å². The predicted molar refractivity (Wildman–Crippen MR) is 202 cm³/mol. The second-order valence-electron chi connectivity index (χ2n) is 11.9. The SMILES string of the molecule is CCCCCCCC(=O)OCCOCCOCCOCCOCCOCCOCCOCCOCCOCCOC(=O)c1ccc(NCCCC)cc1. The molecule has 0 heterocycles. The van der Waals surface area contributed by atoms with E-state index in [9.17, 15) is 9.59 Å². The first-order valence-corrected chi connectivity index (χ1v) is 19.5. The Balaban J connectivity index is 1.70. The molecule has 14 heteroatoms. The van der Waals surface area contributed by atoms with Gasteiger partial charge in [-0.3, -0.25) is 4.79 Å². The number of rotatable bonds is 41. The lowest BCUT2D eigenvalue weighted by molar-refractivity contribution is -0.145. The Morgan fingerprint density at radius 2 is 0.792 bits per heavy atom. The van der Waals surface area contributed by atoms with E-state index in [2.05, 4.69) is 19.2 Å². The fraction of sp³-hybridized carbons (Fsp3) is 0.795. The summed E-state index contributed by atoms with van der Waals surface area (Å²) in [4.78, 5) is 23.8. The van der Waals surface area contributed by atoms with Gasteiger partial charge in [-0.2, -0.15) is 0 Å². The van der Waals surface area contributed by atoms with Crippen LogP contribution < -0.4 is 5.32 Å². The summed E-state index contributed by atoms with van der Waals surface area (Å²) in [6.45, 7) is 13.9. The predicted octanol–water partition coefficient (Wildman–Crippen LogP) is 5.11. The minimum atomic E-state index is -0.364. The first-order chi connectivity index (χ1) is 26.2. The van der Waals surface area contributed by atoms with Crippen molar-refractivity contribution in [3.05, 3.63) is 29.8 Å². The van der Waals surface area contributed by atoms with Gasteiger partial charge < -0.3 is 57.4 Å². The number of carbonyl (C=O) groups is 2. The average molecular weight is 760 g/mol. The van der Waals surface area contributed by atoms with Crippen LogP contribution in [0.3, 0.4) is 0 Å². The smallest absolute Gasteiger partial charge is 0.338 e. The zero-order chi connectivity index (χ0) is 38.1. The highest BCUT2D eigenvalue weighted by Crippen LogP contribution is 2.11. The molecule has 1 aromatic rings. The first-order valence-electron chi connectivity index (χ1n) is 19.5. The van der Waals surface area contributed by atoms with Crippen LogP contribution in [0.5, 0.6) is 0 Å². The van der Waals surface area contributed by atoms with Crippen LogP contribution in [-0.4, -0.2) is 151 Å². The number of hydrogen-bond acceptors (Lipinski definition) is 14. The molecule has 0 fully saturated rings. The van der Waals surface area contributed by atoms with E-state index in [0.29, 0.717) is 131 Å². The lowest BCUT2D eigenvalue weighted by atomic mass is 10.1. The van der Waals surface area contributed by atoms with E-state index in [4.69, 9.17) is 52.1 Å². The molecular formula is C39H69NO13. The zero-order valence-electron chi connectivity index (χ0n) is 32.6. The molecule has 14 nitrogen and oxygen atoms in total. The second-order valence-corrected chi connectivity index (χ2v) is 11.9. The van der Waals surface area contributed by atoms with Crippen molar-refractivity contribution in [2.45, 2.75) is 65.2 Å². The van der Waals surface area contributed by atoms with Gasteiger partial charge in [0.2, 0.25) is 0 Å². The van der Waals surface area contributed by atoms with Crippen molar-refractivity contribution >= 4 is 17.6 Å². The summed E-state index contributed by atoms with van der Waals surface area (Å²) < 4.78 is 59.6. The topological polar surface area (TPSA) is 148 Å². The maximum Gasteiger partial charge on any atom is 0.338 e. The van der Waals surface area contributed by atoms with Crippen LogP contribution in [0.1, 0.15) is 75.6 Å². The third-order valence-corrected chi connectivity index (χ3v) is 7.39. The summed E-state index contributed by atoms with van der Waals surface area (Å²) in [5.41, 5.74) is 1.51. The Morgan fingerprint density at radius 3 is 1.19 bits per heavy atom. The first kappa shape index (κ1) is 48.6. The average Bonchev–Trinajstić information content (AvgIpc) is 3.17. The Morgan fingerprint density at radius 1 is 0.434 bits per heavy atom. The number of esters is 2. The van der Waals surface area contributed by atoms with E-state index in [1.54, 1.807) is 12.1 Å². The van der Waals surface area contributed by atoms with Crippen molar-refractivity contribution in [3.8, 4) is 0 Å². The Labute approximate surface area is 318 Å². The molecule has 0 saturated carbocycles. The van der Waals surface area contributed by atoms with Gasteiger partial charge in [-0.15, -0.1) is 0 Å². The molecule has 0 aliphatic carbocycles. The Bertz CT molecular complexity index is 938. The van der Waals surface area contributed by atoms with Gasteiger partial charge >= 0.3 is 11.9 Å². The van der Waals surface area contributed by atoms with E-state index in [-0.39, 0.29) is 25.2 Å². The minimum Gasteiger partial charge on any atom is -0.463 e. The van der Waals surface area contributed by atoms with E-state index in [1.807, 2.05) is 12.1 Å². The molecule has 308 valence electrons. The molecule has 0 atom stereocenters. The van der Waals surface area contributed by atoms with Gasteiger partial charge in [0.25, 0.3) is 0 Å². The molecule has 0 aliphatic heterocycles. The third kappa shape index (κ3) is 33.9. The van der Waals surface area contributed by atoms with E-state index in [0.717, 1.165) is 37.9 Å². The molecule has 0 saturated heterocycles. The minimum absolute atomic E-state index is 0.151. The molecule has 0 aromatic heterocycles. The van der Waals surface area contributed by atoms with Crippen molar-refractivity contribution in [2.75, 3.05) is 144 Å². The lowest BCUT2D eigenvalue weighted by Crippen LogP contribution is -2.16. The number of ether oxygens (including phenoxy) is 11. The maximum atomic E-state index is 12.1. The van der Waals surface area contributed by atoms with Crippen molar-refractivity contribution in [1.82, 2.24) is 0 Å². The van der Waals surface area contributed by atoms with Crippen molar-refractivity contribution in [2.24, 2.45) is 0 Å². The van der Waals surface area contributed by atoms with Crippen molar-refractivity contribution < 1.29 is 61.7 Å². The van der Waals surface area contributed by atoms with Crippen LogP contribution in [0.15, 0.2) is 24.3 Å². The van der Waals surface area contributed by atoms with Crippen LogP contribution in [0.4, 0.5) is 5.69 Å². The highest BCUT2D eigenvalue weighted by molar-refractivity contribution is 5.89. The van der Waals surface area contributed by atoms with Crippen LogP contribution in [-0.2, 0) is 56.9 Å². The van der Waals surface area contributed by atoms with Gasteiger partial charge in [0.1, 0.15) is 13.2 Å². The van der Waals surface area contributed by atoms with Gasteiger partial charge in [-0.05, 0) is 37.1 Å². The number of benzene rings is 1. The Hall–Kier alpha value is -2.40. The summed E-state index contributed by atoms with van der Waals surface area (Å²) in [6, 6.07) is 7.28. The lowest BCUT2D eigenvalue weighted by Gasteiger charge is -2.09. The summed E-state index contributed by atoms with van der Waals surface area (Å²) in [6.07, 6.45) is 8.29. The fourth-order valence-electron chi connectivity index (χ4n) is 4.43. The summed E-state index contributed by atoms with van der Waals surface area (Å²) in [7, 11) is 0. The number of anilines is 1. The molecule has 1 rings (SSSR count). The summed E-state index contributed by atoms with van der Waals surface area (Å²) in [5, 5.41) is 3.32. The number of hydrogen-bond donors (Lipinski definition) is 1. The quantitative estimate of drug-likeness (QED) is 0.0697. The van der Waals surface area contributed by atoms with Crippen molar-refractivity contribution in [1.29, 1.82) is 0 Å². The number of unbranched alkanes of at least 4 members (excludes halogenated alkanes) is 5. The highest BCUT2D eigenvalue weighted by Gasteiger charge is 2.07. The molecule has 0 spiro atoms. The maximum absolute atomic E-state index is 12.1. The molecule has 0 bridgehead atoms. The molecule has 1 aromatic carbocycles. The van der Waals surface area contributed by atoms with Crippen LogP contribution in [0.2, 0.25) is 0 Å². The molecule has 0 unspecified atom stereocenters. The van der Waals surface area contributed by atoms with E-state index < -0.39 is 0 Å². The summed E-state index contributed by atoms with van der Waals surface area (Å²) >= 11 is 0. The van der Waals surface area contributed by atoms with Crippen molar-refractivity contribution in [3.63, 3.8) is 0 Å². The number of carbonyl (C=O) groups excluding carboxylic acids is 2. The monoisotopic (exact) mass is 759 g/mol. The van der Waals surface area contributed by atoms with Crippen LogP contribution in [0.25, 0.3) is 0 Å². The molecule has 53 heavy (non-hydrogen) atoms. The largest absolute Gasteiger partial charge is 0.463 e. The molecule has 1 N–H and O–H groups in total. The van der Waals surface area contributed by atoms with Gasteiger partial charge in [-0.1, -0.05) is 46.0 Å². The number of nitrogens with one attached hydrogen (secondary N) is 1. The summed E-state index contributed by atoms with van der Waals surface area (Å²) in [5.74, 6) is -0.515. The van der Waals surface area contributed by atoms with Gasteiger partial charge in [0.05, 0.1) is 124 Å². The van der Waals surface area contributed by atoms with Gasteiger partial charge in [0, 0.05) is 18.7 Å². The van der Waals surface area contributed by atoms with Crippen LogP contribution >= 0.6 is 0 Å². The normalized spacial score (nSPS) is 11.2. The molecule has 0 aliphatic rings. The second kappa shape index (κ2) is 39.3. The standard InChI is InChI=1S/C39H69NO13/c1-3-5-7-8-9-10-38(41)52-34-32-50-30-28-48-26-24-46-22-20-44-18-16-43-17-19-45-21-23-47-25-27-49-29-31-51-33-35-53-39(42)36-11-13-37(14-12-36)40-15-6-4-2/h11-14,40H,3-10,15-35H2,1-2H3.